The average molecular weight is 238 g/mol. The molecule has 1 aromatic heterocycles. The van der Waals surface area contributed by atoms with Crippen LogP contribution in [-0.2, 0) is 0 Å². The summed E-state index contributed by atoms with van der Waals surface area (Å²) >= 11 is 0. The summed E-state index contributed by atoms with van der Waals surface area (Å²) < 4.78 is 5.46. The molecule has 0 saturated carbocycles. The van der Waals surface area contributed by atoms with Crippen LogP contribution in [0.15, 0.2) is 23.5 Å². The third-order valence-electron chi connectivity index (χ3n) is 2.14. The predicted octanol–water partition coefficient (Wildman–Crippen LogP) is 0.507. The van der Waals surface area contributed by atoms with Crippen LogP contribution in [0.3, 0.4) is 0 Å². The van der Waals surface area contributed by atoms with Crippen LogP contribution >= 0.6 is 0 Å². The highest BCUT2D eigenvalue weighted by Crippen LogP contribution is 2.09. The van der Waals surface area contributed by atoms with E-state index in [0.717, 1.165) is 13.0 Å². The average Bonchev–Trinajstić information content (AvgIpc) is 2.34. The van der Waals surface area contributed by atoms with Crippen molar-refractivity contribution in [3.63, 3.8) is 0 Å². The highest BCUT2D eigenvalue weighted by atomic mass is 16.5. The quantitative estimate of drug-likeness (QED) is 0.248. The molecule has 6 nitrogen and oxygen atoms in total. The Bertz CT molecular complexity index is 379. The summed E-state index contributed by atoms with van der Waals surface area (Å²) in [4.78, 5) is 6.13. The molecule has 0 saturated heterocycles. The molecule has 94 valence electrons. The van der Waals surface area contributed by atoms with Crippen LogP contribution in [0, 0.1) is 0 Å². The minimum Gasteiger partial charge on any atom is -0.478 e. The summed E-state index contributed by atoms with van der Waals surface area (Å²) in [5, 5.41) is 11.5. The Labute approximate surface area is 101 Å². The SMILES string of the molecule is CN(C)CCCOc1cc(/C(N)=N/O)ccn1. The molecular formula is C11H18N4O2. The van der Waals surface area contributed by atoms with E-state index in [2.05, 4.69) is 15.0 Å². The van der Waals surface area contributed by atoms with Crippen molar-refractivity contribution in [2.24, 2.45) is 10.9 Å². The molecule has 17 heavy (non-hydrogen) atoms. The fraction of sp³-hybridized carbons (Fsp3) is 0.455. The first-order chi connectivity index (χ1) is 8.13. The molecule has 0 fully saturated rings. The molecule has 0 unspecified atom stereocenters. The van der Waals surface area contributed by atoms with E-state index in [1.807, 2.05) is 14.1 Å². The number of amidine groups is 1. The zero-order valence-electron chi connectivity index (χ0n) is 10.1. The Hall–Kier alpha value is -1.82. The number of ether oxygens (including phenoxy) is 1. The van der Waals surface area contributed by atoms with Gasteiger partial charge >= 0.3 is 0 Å². The van der Waals surface area contributed by atoms with Crippen LogP contribution < -0.4 is 10.5 Å². The maximum atomic E-state index is 8.55. The number of hydrogen-bond donors (Lipinski definition) is 2. The minimum absolute atomic E-state index is 0.0468. The van der Waals surface area contributed by atoms with Crippen molar-refractivity contribution in [2.75, 3.05) is 27.2 Å². The van der Waals surface area contributed by atoms with E-state index in [1.54, 1.807) is 18.3 Å². The fourth-order valence-electron chi connectivity index (χ4n) is 1.26. The maximum absolute atomic E-state index is 8.55. The van der Waals surface area contributed by atoms with Crippen LogP contribution in [0.2, 0.25) is 0 Å². The lowest BCUT2D eigenvalue weighted by atomic mass is 10.2. The predicted molar refractivity (Wildman–Crippen MR) is 65.4 cm³/mol. The van der Waals surface area contributed by atoms with Gasteiger partial charge in [-0.3, -0.25) is 0 Å². The molecule has 1 aromatic rings. The first kappa shape index (κ1) is 13.2. The number of aromatic nitrogens is 1. The highest BCUT2D eigenvalue weighted by Gasteiger charge is 2.02. The van der Waals surface area contributed by atoms with Gasteiger partial charge in [0.2, 0.25) is 5.88 Å². The maximum Gasteiger partial charge on any atom is 0.213 e. The van der Waals surface area contributed by atoms with Crippen LogP contribution in [0.5, 0.6) is 5.88 Å². The molecule has 0 bridgehead atoms. The van der Waals surface area contributed by atoms with Gasteiger partial charge in [0.25, 0.3) is 0 Å². The van der Waals surface area contributed by atoms with Gasteiger partial charge in [0.05, 0.1) is 6.61 Å². The van der Waals surface area contributed by atoms with Crippen LogP contribution in [-0.4, -0.2) is 48.2 Å². The smallest absolute Gasteiger partial charge is 0.213 e. The van der Waals surface area contributed by atoms with Gasteiger partial charge in [-0.25, -0.2) is 4.98 Å². The van der Waals surface area contributed by atoms with E-state index in [9.17, 15) is 0 Å². The molecule has 0 aliphatic rings. The van der Waals surface area contributed by atoms with Gasteiger partial charge in [0, 0.05) is 24.4 Å². The van der Waals surface area contributed by atoms with Gasteiger partial charge in [0.1, 0.15) is 0 Å². The molecule has 0 aliphatic heterocycles. The number of oxime groups is 1. The van der Waals surface area contributed by atoms with E-state index in [4.69, 9.17) is 15.7 Å². The van der Waals surface area contributed by atoms with Crippen molar-refractivity contribution in [3.8, 4) is 5.88 Å². The van der Waals surface area contributed by atoms with Gasteiger partial charge in [-0.2, -0.15) is 0 Å². The zero-order chi connectivity index (χ0) is 12.7. The lowest BCUT2D eigenvalue weighted by Gasteiger charge is -2.10. The largest absolute Gasteiger partial charge is 0.478 e. The Morgan fingerprint density at radius 1 is 1.59 bits per heavy atom. The molecule has 1 heterocycles. The zero-order valence-corrected chi connectivity index (χ0v) is 10.1. The third kappa shape index (κ3) is 4.69. The monoisotopic (exact) mass is 238 g/mol. The van der Waals surface area contributed by atoms with Gasteiger partial charge < -0.3 is 20.6 Å². The fourth-order valence-corrected chi connectivity index (χ4v) is 1.26. The van der Waals surface area contributed by atoms with Gasteiger partial charge in [-0.15, -0.1) is 0 Å². The van der Waals surface area contributed by atoms with E-state index in [0.29, 0.717) is 18.1 Å². The van der Waals surface area contributed by atoms with Gasteiger partial charge in [-0.1, -0.05) is 5.16 Å². The number of nitrogens with two attached hydrogens (primary N) is 1. The van der Waals surface area contributed by atoms with Crippen LogP contribution in [0.25, 0.3) is 0 Å². The van der Waals surface area contributed by atoms with Crippen molar-refractivity contribution >= 4 is 5.84 Å². The Morgan fingerprint density at radius 3 is 3.00 bits per heavy atom. The number of rotatable bonds is 6. The Kier molecular flexibility index (Phi) is 5.22. The molecule has 0 amide bonds. The van der Waals surface area contributed by atoms with E-state index >= 15 is 0 Å². The number of hydrogen-bond acceptors (Lipinski definition) is 5. The van der Waals surface area contributed by atoms with Crippen LogP contribution in [0.1, 0.15) is 12.0 Å². The second kappa shape index (κ2) is 6.70. The number of pyridine rings is 1. The van der Waals surface area contributed by atoms with Crippen molar-refractivity contribution < 1.29 is 9.94 Å². The van der Waals surface area contributed by atoms with Gasteiger partial charge in [-0.05, 0) is 26.6 Å². The standard InChI is InChI=1S/C11H18N4O2/c1-15(2)6-3-7-17-10-8-9(4-5-13-10)11(12)14-16/h4-5,8,16H,3,6-7H2,1-2H3,(H2,12,14). The summed E-state index contributed by atoms with van der Waals surface area (Å²) in [6.07, 6.45) is 2.48. The summed E-state index contributed by atoms with van der Waals surface area (Å²) in [5.74, 6) is 0.526. The molecule has 0 atom stereocenters. The molecule has 0 aliphatic carbocycles. The van der Waals surface area contributed by atoms with Crippen molar-refractivity contribution in [2.45, 2.75) is 6.42 Å². The molecule has 3 N–H and O–H groups in total. The summed E-state index contributed by atoms with van der Waals surface area (Å²) in [5.41, 5.74) is 6.06. The molecule has 1 rings (SSSR count). The summed E-state index contributed by atoms with van der Waals surface area (Å²) in [6.45, 7) is 1.55. The number of nitrogens with zero attached hydrogens (tertiary/aromatic N) is 3. The topological polar surface area (TPSA) is 84.0 Å². The second-order valence-electron chi connectivity index (χ2n) is 3.87. The van der Waals surface area contributed by atoms with Gasteiger partial charge in [0.15, 0.2) is 5.84 Å². The van der Waals surface area contributed by atoms with Crippen LogP contribution in [0.4, 0.5) is 0 Å². The minimum atomic E-state index is 0.0468. The summed E-state index contributed by atoms with van der Waals surface area (Å²) in [7, 11) is 4.02. The van der Waals surface area contributed by atoms with Crippen molar-refractivity contribution in [1.29, 1.82) is 0 Å². The second-order valence-corrected chi connectivity index (χ2v) is 3.87. The first-order valence-corrected chi connectivity index (χ1v) is 5.35. The molecule has 0 spiro atoms. The van der Waals surface area contributed by atoms with Crippen molar-refractivity contribution in [3.05, 3.63) is 23.9 Å². The first-order valence-electron chi connectivity index (χ1n) is 5.35. The lowest BCUT2D eigenvalue weighted by molar-refractivity contribution is 0.273. The highest BCUT2D eigenvalue weighted by molar-refractivity contribution is 5.97. The summed E-state index contributed by atoms with van der Waals surface area (Å²) in [6, 6.07) is 3.30. The molecule has 0 aromatic carbocycles. The Morgan fingerprint density at radius 2 is 2.35 bits per heavy atom. The molecule has 6 heteroatoms. The Balaban J connectivity index is 2.49. The van der Waals surface area contributed by atoms with E-state index < -0.39 is 0 Å². The lowest BCUT2D eigenvalue weighted by Crippen LogP contribution is -2.16. The molecule has 0 radical (unpaired) electrons. The van der Waals surface area contributed by atoms with E-state index in [-0.39, 0.29) is 5.84 Å². The van der Waals surface area contributed by atoms with E-state index in [1.165, 1.54) is 0 Å². The normalized spacial score (nSPS) is 11.8. The third-order valence-corrected chi connectivity index (χ3v) is 2.14. The molecular weight excluding hydrogens is 220 g/mol. The van der Waals surface area contributed by atoms with Crippen molar-refractivity contribution in [1.82, 2.24) is 9.88 Å².